The zero-order valence-corrected chi connectivity index (χ0v) is 18.4. The molecule has 4 rings (SSSR count). The lowest BCUT2D eigenvalue weighted by molar-refractivity contribution is -0.127. The van der Waals surface area contributed by atoms with Crippen LogP contribution in [0.4, 0.5) is 8.78 Å². The molecule has 0 bridgehead atoms. The van der Waals surface area contributed by atoms with E-state index >= 15 is 0 Å². The largest absolute Gasteiger partial charge is 0.487 e. The molecule has 7 heteroatoms. The Morgan fingerprint density at radius 2 is 2.12 bits per heavy atom. The number of ether oxygens (including phenoxy) is 1. The van der Waals surface area contributed by atoms with Gasteiger partial charge in [0, 0.05) is 30.7 Å². The van der Waals surface area contributed by atoms with Crippen LogP contribution in [0.2, 0.25) is 0 Å². The van der Waals surface area contributed by atoms with Crippen LogP contribution in [0.1, 0.15) is 43.9 Å². The Labute approximate surface area is 186 Å². The number of carbonyl (C=O) groups is 2. The standard InChI is InChI=1S/C25H26F2N2O3/c1-15-12-18(10-11-22(15)32-14-25(3,26)27)16(2)29-13-20-19(24(29)31)6-4-5-7-21(20)28-23(30)17-8-9-17/h5-7,10-12,16-17H,8-9,13-14H2,1-3H3,(H,28,30). The minimum Gasteiger partial charge on any atom is -0.487 e. The van der Waals surface area contributed by atoms with E-state index in [0.29, 0.717) is 23.6 Å². The summed E-state index contributed by atoms with van der Waals surface area (Å²) in [5.41, 5.74) is 6.51. The van der Waals surface area contributed by atoms with Gasteiger partial charge in [-0.3, -0.25) is 9.59 Å². The predicted molar refractivity (Wildman–Crippen MR) is 116 cm³/mol. The third-order valence-corrected chi connectivity index (χ3v) is 5.88. The van der Waals surface area contributed by atoms with Gasteiger partial charge in [0.05, 0.1) is 11.6 Å². The molecule has 0 saturated heterocycles. The number of carbonyl (C=O) groups excluding carboxylic acids is 2. The third kappa shape index (κ3) is 4.68. The van der Waals surface area contributed by atoms with Crippen LogP contribution in [0.15, 0.2) is 59.0 Å². The van der Waals surface area contributed by atoms with Crippen molar-refractivity contribution in [1.82, 2.24) is 10.2 Å². The molecule has 1 unspecified atom stereocenters. The van der Waals surface area contributed by atoms with Crippen molar-refractivity contribution in [2.24, 2.45) is 5.92 Å². The Bertz CT molecular complexity index is 1090. The number of nitrogens with one attached hydrogen (secondary N) is 1. The summed E-state index contributed by atoms with van der Waals surface area (Å²) < 4.78 is 31.5. The minimum atomic E-state index is -2.91. The van der Waals surface area contributed by atoms with Crippen LogP contribution in [-0.2, 0) is 9.59 Å². The Morgan fingerprint density at radius 3 is 2.78 bits per heavy atom. The quantitative estimate of drug-likeness (QED) is 0.641. The van der Waals surface area contributed by atoms with Crippen LogP contribution >= 0.6 is 0 Å². The van der Waals surface area contributed by atoms with Gasteiger partial charge in [-0.1, -0.05) is 12.1 Å². The van der Waals surface area contributed by atoms with Crippen LogP contribution < -0.4 is 10.1 Å². The molecule has 5 nitrogen and oxygen atoms in total. The Balaban J connectivity index is 1.51. The average Bonchev–Trinajstić information content (AvgIpc) is 3.54. The van der Waals surface area contributed by atoms with Crippen molar-refractivity contribution in [2.75, 3.05) is 13.2 Å². The number of alkyl halides is 2. The molecule has 0 aromatic heterocycles. The number of hydrogen-bond donors (Lipinski definition) is 1. The maximum Gasteiger partial charge on any atom is 0.278 e. The number of halogens is 2. The van der Waals surface area contributed by atoms with Gasteiger partial charge in [-0.25, -0.2) is 8.78 Å². The van der Waals surface area contributed by atoms with Gasteiger partial charge >= 0.3 is 0 Å². The molecule has 1 aliphatic heterocycles. The maximum atomic E-state index is 13.2. The van der Waals surface area contributed by atoms with Crippen LogP contribution in [0, 0.1) is 12.8 Å². The summed E-state index contributed by atoms with van der Waals surface area (Å²) in [5, 5.41) is 2.97. The number of nitrogens with zero attached hydrogens (tertiary/aromatic N) is 1. The van der Waals surface area contributed by atoms with Gasteiger partial charge in [0.15, 0.2) is 6.61 Å². The number of aryl methyl sites for hydroxylation is 1. The van der Waals surface area contributed by atoms with Gasteiger partial charge < -0.3 is 15.0 Å². The molecule has 0 radical (unpaired) electrons. The summed E-state index contributed by atoms with van der Waals surface area (Å²) >= 11 is 0. The lowest BCUT2D eigenvalue weighted by Crippen LogP contribution is -2.31. The minimum absolute atomic E-state index is 0.0128. The molecule has 2 aliphatic carbocycles. The highest BCUT2D eigenvalue weighted by molar-refractivity contribution is 6.01. The molecule has 32 heavy (non-hydrogen) atoms. The molecule has 1 atom stereocenters. The van der Waals surface area contributed by atoms with Crippen molar-refractivity contribution in [3.8, 4) is 5.75 Å². The van der Waals surface area contributed by atoms with Crippen LogP contribution in [-0.4, -0.2) is 35.8 Å². The number of benzene rings is 1. The second kappa shape index (κ2) is 8.40. The lowest BCUT2D eigenvalue weighted by Gasteiger charge is -2.26. The van der Waals surface area contributed by atoms with E-state index in [1.54, 1.807) is 42.2 Å². The highest BCUT2D eigenvalue weighted by Crippen LogP contribution is 2.35. The first-order chi connectivity index (χ1) is 15.1. The number of rotatable bonds is 7. The van der Waals surface area contributed by atoms with Gasteiger partial charge in [-0.2, -0.15) is 0 Å². The maximum absolute atomic E-state index is 13.2. The molecule has 1 aromatic carbocycles. The Hall–Kier alpha value is -3.18. The summed E-state index contributed by atoms with van der Waals surface area (Å²) in [6, 6.07) is 5.05. The number of allylic oxidation sites excluding steroid dienone is 1. The van der Waals surface area contributed by atoms with E-state index in [2.05, 4.69) is 11.0 Å². The molecule has 0 spiro atoms. The summed E-state index contributed by atoms with van der Waals surface area (Å²) in [5.74, 6) is -2.60. The van der Waals surface area contributed by atoms with Gasteiger partial charge in [0.1, 0.15) is 5.75 Å². The first kappa shape index (κ1) is 22.0. The molecule has 1 N–H and O–H groups in total. The summed E-state index contributed by atoms with van der Waals surface area (Å²) in [6.45, 7) is 4.20. The first-order valence-electron chi connectivity index (χ1n) is 10.7. The number of hydrogen-bond acceptors (Lipinski definition) is 3. The smallest absolute Gasteiger partial charge is 0.278 e. The summed E-state index contributed by atoms with van der Waals surface area (Å²) in [6.07, 6.45) is 6.93. The van der Waals surface area contributed by atoms with Crippen LogP contribution in [0.25, 0.3) is 0 Å². The molecule has 1 heterocycles. The van der Waals surface area contributed by atoms with Crippen molar-refractivity contribution < 1.29 is 23.1 Å². The fourth-order valence-corrected chi connectivity index (χ4v) is 3.84. The van der Waals surface area contributed by atoms with Crippen molar-refractivity contribution in [3.63, 3.8) is 0 Å². The normalized spacial score (nSPS) is 19.0. The average molecular weight is 440 g/mol. The van der Waals surface area contributed by atoms with Crippen molar-refractivity contribution in [1.29, 1.82) is 0 Å². The molecule has 3 aliphatic rings. The van der Waals surface area contributed by atoms with Crippen molar-refractivity contribution in [3.05, 3.63) is 70.1 Å². The zero-order valence-electron chi connectivity index (χ0n) is 18.4. The van der Waals surface area contributed by atoms with E-state index in [9.17, 15) is 18.4 Å². The van der Waals surface area contributed by atoms with Crippen LogP contribution in [0.3, 0.4) is 0 Å². The second-order valence-corrected chi connectivity index (χ2v) is 8.71. The van der Waals surface area contributed by atoms with E-state index in [-0.39, 0.29) is 23.8 Å². The molecule has 2 amide bonds. The van der Waals surface area contributed by atoms with E-state index in [1.165, 1.54) is 0 Å². The lowest BCUT2D eigenvalue weighted by atomic mass is 10.0. The topological polar surface area (TPSA) is 58.6 Å². The second-order valence-electron chi connectivity index (χ2n) is 8.71. The molecule has 1 saturated carbocycles. The fraction of sp³-hybridized carbons (Fsp3) is 0.400. The molecular formula is C25H26F2N2O3. The third-order valence-electron chi connectivity index (χ3n) is 5.88. The van der Waals surface area contributed by atoms with Crippen molar-refractivity contribution >= 4 is 11.8 Å². The first-order valence-corrected chi connectivity index (χ1v) is 10.7. The van der Waals surface area contributed by atoms with E-state index in [4.69, 9.17) is 4.74 Å². The van der Waals surface area contributed by atoms with Gasteiger partial charge in [0.25, 0.3) is 11.8 Å². The highest BCUT2D eigenvalue weighted by Gasteiger charge is 2.36. The molecular weight excluding hydrogens is 414 g/mol. The van der Waals surface area contributed by atoms with E-state index in [1.807, 2.05) is 13.0 Å². The van der Waals surface area contributed by atoms with Crippen molar-refractivity contribution in [2.45, 2.75) is 45.6 Å². The molecule has 168 valence electrons. The van der Waals surface area contributed by atoms with Gasteiger partial charge in [-0.15, -0.1) is 5.73 Å². The monoisotopic (exact) mass is 440 g/mol. The van der Waals surface area contributed by atoms with Gasteiger partial charge in [0.2, 0.25) is 5.91 Å². The predicted octanol–water partition coefficient (Wildman–Crippen LogP) is 4.36. The zero-order chi connectivity index (χ0) is 23.0. The molecule has 1 aromatic rings. The van der Waals surface area contributed by atoms with E-state index < -0.39 is 12.5 Å². The van der Waals surface area contributed by atoms with E-state index in [0.717, 1.165) is 36.5 Å². The molecule has 1 fully saturated rings. The Morgan fingerprint density at radius 1 is 1.38 bits per heavy atom. The SMILES string of the molecule is Cc1cc(C(C)N2CC3=C(C=C=CC=C3NC(=O)C3CC3)C2=O)ccc1OCC(C)(F)F. The summed E-state index contributed by atoms with van der Waals surface area (Å²) in [4.78, 5) is 27.2. The fourth-order valence-electron chi connectivity index (χ4n) is 3.84. The highest BCUT2D eigenvalue weighted by atomic mass is 19.3. The number of amides is 2. The summed E-state index contributed by atoms with van der Waals surface area (Å²) in [7, 11) is 0. The van der Waals surface area contributed by atoms with Crippen LogP contribution in [0.5, 0.6) is 5.75 Å². The van der Waals surface area contributed by atoms with Gasteiger partial charge in [-0.05, 0) is 62.1 Å². The Kier molecular flexibility index (Phi) is 5.78.